The molecule has 0 aliphatic carbocycles. The molecule has 0 N–H and O–H groups in total. The van der Waals surface area contributed by atoms with Crippen LogP contribution in [0.15, 0.2) is 20.9 Å². The first-order valence-electron chi connectivity index (χ1n) is 10.5. The van der Waals surface area contributed by atoms with E-state index >= 15 is 0 Å². The van der Waals surface area contributed by atoms with Crippen LogP contribution in [0, 0.1) is 5.41 Å². The molecule has 3 rings (SSSR count). The molecule has 2 amide bonds. The van der Waals surface area contributed by atoms with Crippen molar-refractivity contribution in [1.82, 2.24) is 4.90 Å². The Kier molecular flexibility index (Phi) is 7.12. The minimum absolute atomic E-state index is 0.197. The first-order chi connectivity index (χ1) is 14.7. The van der Waals surface area contributed by atoms with Crippen LogP contribution in [0.25, 0.3) is 0 Å². The van der Waals surface area contributed by atoms with Gasteiger partial charge in [-0.25, -0.2) is 14.6 Å². The highest BCUT2D eigenvalue weighted by Gasteiger charge is 2.56. The van der Waals surface area contributed by atoms with Gasteiger partial charge in [-0.05, 0) is 70.0 Å². The van der Waals surface area contributed by atoms with Crippen LogP contribution in [0.4, 0.5) is 9.59 Å². The summed E-state index contributed by atoms with van der Waals surface area (Å²) in [5, 5.41) is 2.27. The number of aliphatic imine (C=N–C) groups is 1. The summed E-state index contributed by atoms with van der Waals surface area (Å²) in [5.74, 6) is 0.673. The van der Waals surface area contributed by atoms with Crippen molar-refractivity contribution in [2.45, 2.75) is 71.6 Å². The number of halogens is 1. The molecule has 0 bridgehead atoms. The van der Waals surface area contributed by atoms with Crippen molar-refractivity contribution in [3.63, 3.8) is 0 Å². The number of ether oxygens (including phenoxy) is 3. The minimum Gasteiger partial charge on any atom is -0.443 e. The number of carbonyl (C=O) groups excluding carboxylic acids is 2. The van der Waals surface area contributed by atoms with Crippen molar-refractivity contribution in [3.05, 3.63) is 20.8 Å². The Morgan fingerprint density at radius 1 is 1.16 bits per heavy atom. The monoisotopic (exact) mass is 546 g/mol. The minimum atomic E-state index is -0.805. The molecule has 1 fully saturated rings. The molecule has 7 nitrogen and oxygen atoms in total. The van der Waals surface area contributed by atoms with Gasteiger partial charge in [0.25, 0.3) is 0 Å². The van der Waals surface area contributed by atoms with Crippen molar-refractivity contribution < 1.29 is 23.8 Å². The van der Waals surface area contributed by atoms with Crippen LogP contribution in [0.5, 0.6) is 0 Å². The molecule has 1 aromatic heterocycles. The van der Waals surface area contributed by atoms with Crippen molar-refractivity contribution in [2.24, 2.45) is 10.4 Å². The Labute approximate surface area is 206 Å². The lowest BCUT2D eigenvalue weighted by Crippen LogP contribution is -2.56. The molecule has 2 aliphatic heterocycles. The van der Waals surface area contributed by atoms with E-state index in [9.17, 15) is 9.59 Å². The maximum Gasteiger partial charge on any atom is 0.426 e. The van der Waals surface area contributed by atoms with E-state index in [0.717, 1.165) is 20.7 Å². The third-order valence-electron chi connectivity index (χ3n) is 5.23. The number of fused-ring (bicyclic) bond motifs is 1. The summed E-state index contributed by atoms with van der Waals surface area (Å²) >= 11 is 6.51. The summed E-state index contributed by atoms with van der Waals surface area (Å²) in [5.41, 5.74) is -2.48. The Balaban J connectivity index is 2.11. The van der Waals surface area contributed by atoms with E-state index in [2.05, 4.69) is 22.9 Å². The van der Waals surface area contributed by atoms with Crippen LogP contribution in [0.3, 0.4) is 0 Å². The molecule has 3 heterocycles. The number of amidine groups is 1. The average molecular weight is 548 g/mol. The van der Waals surface area contributed by atoms with Crippen molar-refractivity contribution >= 4 is 56.4 Å². The molecule has 32 heavy (non-hydrogen) atoms. The third-order valence-corrected chi connectivity index (χ3v) is 8.39. The van der Waals surface area contributed by atoms with Crippen LogP contribution >= 0.6 is 39.0 Å². The lowest BCUT2D eigenvalue weighted by molar-refractivity contribution is -0.0417. The van der Waals surface area contributed by atoms with Crippen molar-refractivity contribution in [3.8, 4) is 0 Å². The fraction of sp³-hybridized carbons (Fsp3) is 0.682. The fourth-order valence-electron chi connectivity index (χ4n) is 3.59. The van der Waals surface area contributed by atoms with Gasteiger partial charge in [-0.15, -0.1) is 11.3 Å². The topological polar surface area (TPSA) is 77.4 Å². The van der Waals surface area contributed by atoms with Gasteiger partial charge < -0.3 is 14.2 Å². The maximum atomic E-state index is 13.1. The van der Waals surface area contributed by atoms with E-state index in [1.165, 1.54) is 11.8 Å². The Morgan fingerprint density at radius 3 is 2.25 bits per heavy atom. The highest BCUT2D eigenvalue weighted by molar-refractivity contribution is 9.10. The second-order valence-electron chi connectivity index (χ2n) is 10.3. The third kappa shape index (κ3) is 5.34. The smallest absolute Gasteiger partial charge is 0.426 e. The highest BCUT2D eigenvalue weighted by atomic mass is 79.9. The van der Waals surface area contributed by atoms with E-state index in [-0.39, 0.29) is 10.6 Å². The van der Waals surface area contributed by atoms with Gasteiger partial charge in [-0.1, -0.05) is 18.7 Å². The number of thiophene rings is 1. The van der Waals surface area contributed by atoms with Crippen LogP contribution in [0.2, 0.25) is 0 Å². The van der Waals surface area contributed by atoms with Gasteiger partial charge in [-0.2, -0.15) is 4.90 Å². The summed E-state index contributed by atoms with van der Waals surface area (Å²) in [6.07, 6.45) is -0.785. The normalized spacial score (nSPS) is 26.1. The molecule has 2 atom stereocenters. The Hall–Kier alpha value is -1.10. The first kappa shape index (κ1) is 25.5. The molecule has 0 aromatic carbocycles. The standard InChI is InChI=1S/C22H31BrN2O5S2/c1-19(2,3)29-17(26)25(18(27)30-20(4,5)6)16-24-22(15-10-14(23)11-31-15)12-28-9-8-21(22,7)13-32-16/h10-11H,8-9,12-13H2,1-7H3/t21?,22-/m1/s1. The number of rotatable bonds is 1. The van der Waals surface area contributed by atoms with Gasteiger partial charge in [0.05, 0.1) is 6.61 Å². The van der Waals surface area contributed by atoms with Gasteiger partial charge in [0, 0.05) is 32.5 Å². The summed E-state index contributed by atoms with van der Waals surface area (Å²) in [6.45, 7) is 13.7. The lowest BCUT2D eigenvalue weighted by Gasteiger charge is -2.51. The molecular weight excluding hydrogens is 516 g/mol. The number of hydrogen-bond donors (Lipinski definition) is 0. The number of carbonyl (C=O) groups is 2. The number of amides is 2. The molecule has 1 unspecified atom stereocenters. The fourth-order valence-corrected chi connectivity index (χ4v) is 6.63. The zero-order valence-corrected chi connectivity index (χ0v) is 22.8. The molecule has 0 spiro atoms. The number of hydrogen-bond acceptors (Lipinski definition) is 8. The van der Waals surface area contributed by atoms with Crippen LogP contribution in [0.1, 0.15) is 59.8 Å². The molecular formula is C22H31BrN2O5S2. The molecule has 1 aromatic rings. The van der Waals surface area contributed by atoms with E-state index in [1.54, 1.807) is 52.9 Å². The summed E-state index contributed by atoms with van der Waals surface area (Å²) in [4.78, 5) is 33.3. The maximum absolute atomic E-state index is 13.1. The summed E-state index contributed by atoms with van der Waals surface area (Å²) in [6, 6.07) is 2.04. The van der Waals surface area contributed by atoms with E-state index in [4.69, 9.17) is 19.2 Å². The van der Waals surface area contributed by atoms with E-state index in [0.29, 0.717) is 19.0 Å². The average Bonchev–Trinajstić information content (AvgIpc) is 3.05. The Morgan fingerprint density at radius 2 is 1.75 bits per heavy atom. The molecule has 0 radical (unpaired) electrons. The molecule has 178 valence electrons. The predicted octanol–water partition coefficient (Wildman–Crippen LogP) is 6.41. The predicted molar refractivity (Wildman–Crippen MR) is 131 cm³/mol. The molecule has 2 aliphatic rings. The largest absolute Gasteiger partial charge is 0.443 e. The summed E-state index contributed by atoms with van der Waals surface area (Å²) in [7, 11) is 0. The lowest BCUT2D eigenvalue weighted by atomic mass is 9.68. The van der Waals surface area contributed by atoms with E-state index < -0.39 is 28.9 Å². The number of nitrogens with zero attached hydrogens (tertiary/aromatic N) is 2. The zero-order valence-electron chi connectivity index (χ0n) is 19.6. The first-order valence-corrected chi connectivity index (χ1v) is 13.1. The van der Waals surface area contributed by atoms with Gasteiger partial charge in [0.15, 0.2) is 5.17 Å². The summed E-state index contributed by atoms with van der Waals surface area (Å²) < 4.78 is 18.0. The van der Waals surface area contributed by atoms with Gasteiger partial charge in [0.1, 0.15) is 16.7 Å². The van der Waals surface area contributed by atoms with Crippen LogP contribution in [-0.4, -0.2) is 52.4 Å². The molecule has 1 saturated heterocycles. The van der Waals surface area contributed by atoms with Crippen molar-refractivity contribution in [1.29, 1.82) is 0 Å². The molecule has 0 saturated carbocycles. The van der Waals surface area contributed by atoms with E-state index in [1.807, 2.05) is 11.4 Å². The second-order valence-corrected chi connectivity index (χ2v) is 13.1. The zero-order chi connectivity index (χ0) is 23.9. The Bertz CT molecular complexity index is 892. The van der Waals surface area contributed by atoms with Gasteiger partial charge in [0.2, 0.25) is 0 Å². The highest BCUT2D eigenvalue weighted by Crippen LogP contribution is 2.55. The van der Waals surface area contributed by atoms with Gasteiger partial charge in [-0.3, -0.25) is 0 Å². The van der Waals surface area contributed by atoms with Crippen LogP contribution < -0.4 is 0 Å². The SMILES string of the molecule is CC(C)(C)OC(=O)N(C(=O)OC(C)(C)C)C1=N[C@@]2(c3cc(Br)cs3)COCCC2(C)CS1. The van der Waals surface area contributed by atoms with Gasteiger partial charge >= 0.3 is 12.2 Å². The number of thioether (sulfide) groups is 1. The van der Waals surface area contributed by atoms with Crippen LogP contribution in [-0.2, 0) is 19.7 Å². The van der Waals surface area contributed by atoms with Crippen molar-refractivity contribution in [2.75, 3.05) is 19.0 Å². The quantitative estimate of drug-likeness (QED) is 0.405. The number of imide groups is 1. The second kappa shape index (κ2) is 8.92. The molecule has 10 heteroatoms.